The summed E-state index contributed by atoms with van der Waals surface area (Å²) in [6, 6.07) is 0. The third-order valence-electron chi connectivity index (χ3n) is 3.64. The molecule has 2 amide bonds. The second kappa shape index (κ2) is 5.73. The summed E-state index contributed by atoms with van der Waals surface area (Å²) >= 11 is 7.36. The number of thiophene rings is 1. The Labute approximate surface area is 135 Å². The van der Waals surface area contributed by atoms with E-state index in [1.807, 2.05) is 0 Å². The molecule has 0 fully saturated rings. The number of fused-ring (bicyclic) bond motifs is 1. The van der Waals surface area contributed by atoms with Gasteiger partial charge in [0.05, 0.1) is 11.3 Å². The Kier molecular flexibility index (Phi) is 3.92. The molecule has 0 aromatic carbocycles. The Hall–Kier alpha value is -1.86. The number of aryl methyl sites for hydroxylation is 2. The Morgan fingerprint density at radius 1 is 1.36 bits per heavy atom. The van der Waals surface area contributed by atoms with Gasteiger partial charge in [0.15, 0.2) is 0 Å². The number of nitrogens with two attached hydrogens (primary N) is 1. The second-order valence-corrected chi connectivity index (χ2v) is 6.63. The zero-order valence-electron chi connectivity index (χ0n) is 11.9. The van der Waals surface area contributed by atoms with Crippen molar-refractivity contribution < 1.29 is 14.1 Å². The summed E-state index contributed by atoms with van der Waals surface area (Å²) in [5.74, 6) is -1.14. The van der Waals surface area contributed by atoms with Crippen molar-refractivity contribution in [2.45, 2.75) is 32.6 Å². The van der Waals surface area contributed by atoms with Crippen molar-refractivity contribution in [2.75, 3.05) is 5.32 Å². The SMILES string of the molecule is Cc1noc(C(=O)Nc2sc3c(c2C(N)=O)CCCC3)c1Cl. The maximum atomic E-state index is 12.3. The highest BCUT2D eigenvalue weighted by Crippen LogP contribution is 2.38. The topological polar surface area (TPSA) is 98.2 Å². The average Bonchev–Trinajstić information content (AvgIpc) is 2.99. The number of halogens is 1. The van der Waals surface area contributed by atoms with Crippen molar-refractivity contribution in [3.63, 3.8) is 0 Å². The molecule has 0 saturated heterocycles. The molecule has 0 saturated carbocycles. The van der Waals surface area contributed by atoms with Gasteiger partial charge in [-0.1, -0.05) is 16.8 Å². The van der Waals surface area contributed by atoms with E-state index in [-0.39, 0.29) is 10.8 Å². The smallest absolute Gasteiger partial charge is 0.296 e. The van der Waals surface area contributed by atoms with E-state index < -0.39 is 11.8 Å². The lowest BCUT2D eigenvalue weighted by Gasteiger charge is -2.11. The van der Waals surface area contributed by atoms with Crippen LogP contribution in [0.2, 0.25) is 5.02 Å². The summed E-state index contributed by atoms with van der Waals surface area (Å²) in [7, 11) is 0. The van der Waals surface area contributed by atoms with Crippen molar-refractivity contribution >= 4 is 39.8 Å². The van der Waals surface area contributed by atoms with Crippen LogP contribution in [0, 0.1) is 6.92 Å². The van der Waals surface area contributed by atoms with Gasteiger partial charge in [0, 0.05) is 4.88 Å². The number of nitrogens with one attached hydrogen (secondary N) is 1. The quantitative estimate of drug-likeness (QED) is 0.898. The number of hydrogen-bond acceptors (Lipinski definition) is 5. The third-order valence-corrected chi connectivity index (χ3v) is 5.29. The summed E-state index contributed by atoms with van der Waals surface area (Å²) in [5.41, 5.74) is 7.28. The van der Waals surface area contributed by atoms with Gasteiger partial charge in [-0.2, -0.15) is 0 Å². The van der Waals surface area contributed by atoms with Crippen molar-refractivity contribution in [2.24, 2.45) is 5.73 Å². The fraction of sp³-hybridized carbons (Fsp3) is 0.357. The van der Waals surface area contributed by atoms with Crippen LogP contribution in [0.1, 0.15) is 49.9 Å². The summed E-state index contributed by atoms with van der Waals surface area (Å²) in [6.07, 6.45) is 3.80. The molecule has 0 bridgehead atoms. The van der Waals surface area contributed by atoms with Crippen LogP contribution in [0.5, 0.6) is 0 Å². The number of rotatable bonds is 3. The zero-order chi connectivity index (χ0) is 15.9. The van der Waals surface area contributed by atoms with Crippen LogP contribution in [0.15, 0.2) is 4.52 Å². The highest BCUT2D eigenvalue weighted by Gasteiger charge is 2.27. The molecule has 3 N–H and O–H groups in total. The van der Waals surface area contributed by atoms with Crippen LogP contribution >= 0.6 is 22.9 Å². The molecule has 6 nitrogen and oxygen atoms in total. The van der Waals surface area contributed by atoms with Crippen LogP contribution in [-0.4, -0.2) is 17.0 Å². The van der Waals surface area contributed by atoms with E-state index in [1.165, 1.54) is 11.3 Å². The highest BCUT2D eigenvalue weighted by molar-refractivity contribution is 7.17. The van der Waals surface area contributed by atoms with Crippen LogP contribution in [0.25, 0.3) is 0 Å². The van der Waals surface area contributed by atoms with Gasteiger partial charge in [0.2, 0.25) is 5.76 Å². The lowest BCUT2D eigenvalue weighted by atomic mass is 9.95. The number of carbonyl (C=O) groups is 2. The fourth-order valence-corrected chi connectivity index (χ4v) is 4.02. The van der Waals surface area contributed by atoms with E-state index >= 15 is 0 Å². The molecular formula is C14H14ClN3O3S. The normalized spacial score (nSPS) is 13.7. The minimum Gasteiger partial charge on any atom is -0.365 e. The lowest BCUT2D eigenvalue weighted by Crippen LogP contribution is -2.18. The summed E-state index contributed by atoms with van der Waals surface area (Å²) in [6.45, 7) is 1.64. The van der Waals surface area contributed by atoms with E-state index in [0.29, 0.717) is 16.3 Å². The number of amides is 2. The number of aromatic nitrogens is 1. The molecule has 3 rings (SSSR count). The lowest BCUT2D eigenvalue weighted by molar-refractivity contribution is 0.0988. The number of anilines is 1. The Bertz CT molecular complexity index is 766. The second-order valence-electron chi connectivity index (χ2n) is 5.14. The molecule has 116 valence electrons. The van der Waals surface area contributed by atoms with E-state index in [9.17, 15) is 9.59 Å². The van der Waals surface area contributed by atoms with Crippen molar-refractivity contribution in [1.82, 2.24) is 5.16 Å². The predicted octanol–water partition coefficient (Wildman–Crippen LogP) is 2.93. The largest absolute Gasteiger partial charge is 0.365 e. The molecule has 2 aromatic heterocycles. The average molecular weight is 340 g/mol. The summed E-state index contributed by atoms with van der Waals surface area (Å²) < 4.78 is 4.93. The molecule has 1 aliphatic rings. The van der Waals surface area contributed by atoms with Crippen molar-refractivity contribution in [1.29, 1.82) is 0 Å². The Balaban J connectivity index is 1.95. The van der Waals surface area contributed by atoms with Gasteiger partial charge in [0.25, 0.3) is 11.8 Å². The van der Waals surface area contributed by atoms with Gasteiger partial charge in [-0.25, -0.2) is 0 Å². The van der Waals surface area contributed by atoms with Gasteiger partial charge in [-0.3, -0.25) is 9.59 Å². The maximum absolute atomic E-state index is 12.3. The molecule has 1 aliphatic carbocycles. The first-order valence-electron chi connectivity index (χ1n) is 6.86. The number of hydrogen-bond donors (Lipinski definition) is 2. The third kappa shape index (κ3) is 2.50. The molecule has 0 radical (unpaired) electrons. The van der Waals surface area contributed by atoms with Crippen LogP contribution in [-0.2, 0) is 12.8 Å². The van der Waals surface area contributed by atoms with Crippen molar-refractivity contribution in [3.8, 4) is 0 Å². The van der Waals surface area contributed by atoms with Gasteiger partial charge < -0.3 is 15.6 Å². The van der Waals surface area contributed by atoms with Gasteiger partial charge in [-0.05, 0) is 38.2 Å². The molecule has 0 atom stereocenters. The monoisotopic (exact) mass is 339 g/mol. The number of primary amides is 1. The standard InChI is InChI=1S/C14H14ClN3O3S/c1-6-10(15)11(21-18-6)13(20)17-14-9(12(16)19)7-4-2-3-5-8(7)22-14/h2-5H2,1H3,(H2,16,19)(H,17,20). The number of nitrogens with zero attached hydrogens (tertiary/aromatic N) is 1. The first-order chi connectivity index (χ1) is 10.5. The molecular weight excluding hydrogens is 326 g/mol. The molecule has 0 unspecified atom stereocenters. The minimum absolute atomic E-state index is 0.0686. The predicted molar refractivity (Wildman–Crippen MR) is 83.7 cm³/mol. The Morgan fingerprint density at radius 3 is 2.73 bits per heavy atom. The number of carbonyl (C=O) groups excluding carboxylic acids is 2. The van der Waals surface area contributed by atoms with Crippen LogP contribution < -0.4 is 11.1 Å². The van der Waals surface area contributed by atoms with E-state index in [0.717, 1.165) is 36.1 Å². The van der Waals surface area contributed by atoms with E-state index in [2.05, 4.69) is 10.5 Å². The first-order valence-corrected chi connectivity index (χ1v) is 8.06. The van der Waals surface area contributed by atoms with Gasteiger partial charge in [0.1, 0.15) is 10.0 Å². The molecule has 2 heterocycles. The molecule has 22 heavy (non-hydrogen) atoms. The minimum atomic E-state index is -0.535. The van der Waals surface area contributed by atoms with Gasteiger partial charge >= 0.3 is 0 Å². The van der Waals surface area contributed by atoms with Gasteiger partial charge in [-0.15, -0.1) is 11.3 Å². The van der Waals surface area contributed by atoms with Crippen LogP contribution in [0.3, 0.4) is 0 Å². The van der Waals surface area contributed by atoms with Crippen molar-refractivity contribution in [3.05, 3.63) is 32.5 Å². The fourth-order valence-electron chi connectivity index (χ4n) is 2.57. The summed E-state index contributed by atoms with van der Waals surface area (Å²) in [5, 5.41) is 6.94. The Morgan fingerprint density at radius 2 is 2.09 bits per heavy atom. The first kappa shape index (κ1) is 15.1. The van der Waals surface area contributed by atoms with Crippen LogP contribution in [0.4, 0.5) is 5.00 Å². The van der Waals surface area contributed by atoms with E-state index in [4.69, 9.17) is 21.9 Å². The molecule has 8 heteroatoms. The zero-order valence-corrected chi connectivity index (χ0v) is 13.4. The highest BCUT2D eigenvalue weighted by atomic mass is 35.5. The molecule has 0 spiro atoms. The summed E-state index contributed by atoms with van der Waals surface area (Å²) in [4.78, 5) is 25.1. The maximum Gasteiger partial charge on any atom is 0.296 e. The molecule has 2 aromatic rings. The molecule has 0 aliphatic heterocycles. The van der Waals surface area contributed by atoms with E-state index in [1.54, 1.807) is 6.92 Å².